The number of para-hydroxylation sites is 2. The highest BCUT2D eigenvalue weighted by atomic mass is 16.5. The SMILES string of the molecule is COCc1ccccc1NC(N)=NCc1ccc(OCCOc2ccccc2)nc1. The Morgan fingerprint density at radius 2 is 1.73 bits per heavy atom. The van der Waals surface area contributed by atoms with Gasteiger partial charge in [-0.2, -0.15) is 0 Å². The van der Waals surface area contributed by atoms with Gasteiger partial charge in [0.15, 0.2) is 5.96 Å². The number of anilines is 1. The summed E-state index contributed by atoms with van der Waals surface area (Å²) in [6.07, 6.45) is 1.73. The van der Waals surface area contributed by atoms with Crippen LogP contribution in [-0.2, 0) is 17.9 Å². The Balaban J connectivity index is 1.44. The maximum atomic E-state index is 6.02. The summed E-state index contributed by atoms with van der Waals surface area (Å²) in [4.78, 5) is 8.67. The van der Waals surface area contributed by atoms with Gasteiger partial charge >= 0.3 is 0 Å². The van der Waals surface area contributed by atoms with Gasteiger partial charge in [0.2, 0.25) is 5.88 Å². The predicted molar refractivity (Wildman–Crippen MR) is 118 cm³/mol. The van der Waals surface area contributed by atoms with Crippen LogP contribution in [0.3, 0.4) is 0 Å². The second kappa shape index (κ2) is 11.4. The number of guanidine groups is 1. The van der Waals surface area contributed by atoms with Crippen molar-refractivity contribution in [3.05, 3.63) is 84.1 Å². The van der Waals surface area contributed by atoms with E-state index in [0.29, 0.717) is 38.2 Å². The lowest BCUT2D eigenvalue weighted by molar-refractivity contribution is 0.185. The Kier molecular flexibility index (Phi) is 8.05. The molecule has 0 spiro atoms. The lowest BCUT2D eigenvalue weighted by Crippen LogP contribution is -2.23. The van der Waals surface area contributed by atoms with Crippen LogP contribution < -0.4 is 20.5 Å². The van der Waals surface area contributed by atoms with E-state index in [2.05, 4.69) is 15.3 Å². The second-order valence-electron chi connectivity index (χ2n) is 6.43. The molecule has 2 aromatic carbocycles. The molecule has 7 heteroatoms. The van der Waals surface area contributed by atoms with Crippen LogP contribution in [0.15, 0.2) is 77.9 Å². The van der Waals surface area contributed by atoms with E-state index < -0.39 is 0 Å². The van der Waals surface area contributed by atoms with Gasteiger partial charge in [0.1, 0.15) is 19.0 Å². The van der Waals surface area contributed by atoms with Crippen LogP contribution in [0.5, 0.6) is 11.6 Å². The Hall–Kier alpha value is -3.58. The maximum Gasteiger partial charge on any atom is 0.213 e. The molecule has 0 aliphatic heterocycles. The molecule has 0 aliphatic rings. The zero-order valence-corrected chi connectivity index (χ0v) is 17.0. The fraction of sp³-hybridized carbons (Fsp3) is 0.217. The van der Waals surface area contributed by atoms with Crippen molar-refractivity contribution in [1.29, 1.82) is 0 Å². The summed E-state index contributed by atoms with van der Waals surface area (Å²) in [5.41, 5.74) is 8.83. The van der Waals surface area contributed by atoms with E-state index >= 15 is 0 Å². The number of rotatable bonds is 10. The first-order valence-electron chi connectivity index (χ1n) is 9.64. The molecule has 0 bridgehead atoms. The van der Waals surface area contributed by atoms with Crippen molar-refractivity contribution in [2.75, 3.05) is 25.6 Å². The number of nitrogens with zero attached hydrogens (tertiary/aromatic N) is 2. The van der Waals surface area contributed by atoms with E-state index in [4.69, 9.17) is 19.9 Å². The number of aromatic nitrogens is 1. The van der Waals surface area contributed by atoms with E-state index in [1.54, 1.807) is 13.3 Å². The molecular weight excluding hydrogens is 380 g/mol. The fourth-order valence-electron chi connectivity index (χ4n) is 2.69. The monoisotopic (exact) mass is 406 g/mol. The van der Waals surface area contributed by atoms with Gasteiger partial charge in [0.25, 0.3) is 0 Å². The molecule has 3 rings (SSSR count). The number of benzene rings is 2. The number of hydrogen-bond donors (Lipinski definition) is 2. The highest BCUT2D eigenvalue weighted by molar-refractivity contribution is 5.92. The van der Waals surface area contributed by atoms with E-state index in [1.807, 2.05) is 66.7 Å². The van der Waals surface area contributed by atoms with Crippen molar-refractivity contribution in [1.82, 2.24) is 4.98 Å². The van der Waals surface area contributed by atoms with Gasteiger partial charge < -0.3 is 25.3 Å². The summed E-state index contributed by atoms with van der Waals surface area (Å²) in [5.74, 6) is 1.69. The topological polar surface area (TPSA) is 91.0 Å². The average molecular weight is 406 g/mol. The van der Waals surface area contributed by atoms with Gasteiger partial charge in [0.05, 0.1) is 13.2 Å². The number of pyridine rings is 1. The second-order valence-corrected chi connectivity index (χ2v) is 6.43. The van der Waals surface area contributed by atoms with E-state index in [9.17, 15) is 0 Å². The smallest absolute Gasteiger partial charge is 0.213 e. The summed E-state index contributed by atoms with van der Waals surface area (Å²) in [6, 6.07) is 21.1. The van der Waals surface area contributed by atoms with Crippen LogP contribution >= 0.6 is 0 Å². The van der Waals surface area contributed by atoms with Crippen molar-refractivity contribution in [2.45, 2.75) is 13.2 Å². The molecule has 1 heterocycles. The van der Waals surface area contributed by atoms with Gasteiger partial charge in [-0.05, 0) is 23.8 Å². The van der Waals surface area contributed by atoms with Crippen molar-refractivity contribution in [3.63, 3.8) is 0 Å². The maximum absolute atomic E-state index is 6.02. The number of hydrogen-bond acceptors (Lipinski definition) is 5. The van der Waals surface area contributed by atoms with E-state index in [-0.39, 0.29) is 0 Å². The minimum atomic E-state index is 0.331. The lowest BCUT2D eigenvalue weighted by atomic mass is 10.2. The molecule has 0 fully saturated rings. The van der Waals surface area contributed by atoms with Gasteiger partial charge in [-0.3, -0.25) is 0 Å². The number of nitrogens with two attached hydrogens (primary N) is 1. The molecule has 3 N–H and O–H groups in total. The predicted octanol–water partition coefficient (Wildman–Crippen LogP) is 3.61. The summed E-state index contributed by atoms with van der Waals surface area (Å²) in [7, 11) is 1.66. The third-order valence-corrected chi connectivity index (χ3v) is 4.15. The highest BCUT2D eigenvalue weighted by Crippen LogP contribution is 2.16. The van der Waals surface area contributed by atoms with Crippen LogP contribution in [0, 0.1) is 0 Å². The van der Waals surface area contributed by atoms with Crippen LogP contribution in [0.1, 0.15) is 11.1 Å². The Bertz CT molecular complexity index is 931. The van der Waals surface area contributed by atoms with Crippen LogP contribution in [0.2, 0.25) is 0 Å². The molecule has 0 aliphatic carbocycles. The van der Waals surface area contributed by atoms with Crippen LogP contribution in [0.4, 0.5) is 5.69 Å². The molecule has 0 radical (unpaired) electrons. The molecule has 0 atom stereocenters. The largest absolute Gasteiger partial charge is 0.490 e. The third kappa shape index (κ3) is 6.79. The molecule has 156 valence electrons. The number of methoxy groups -OCH3 is 1. The molecule has 7 nitrogen and oxygen atoms in total. The van der Waals surface area contributed by atoms with Crippen molar-refractivity contribution in [3.8, 4) is 11.6 Å². The molecule has 1 aromatic heterocycles. The summed E-state index contributed by atoms with van der Waals surface area (Å²) < 4.78 is 16.4. The first-order valence-corrected chi connectivity index (χ1v) is 9.64. The molecule has 30 heavy (non-hydrogen) atoms. The summed E-state index contributed by atoms with van der Waals surface area (Å²) >= 11 is 0. The van der Waals surface area contributed by atoms with Crippen LogP contribution in [-0.4, -0.2) is 31.3 Å². The molecule has 0 saturated carbocycles. The average Bonchev–Trinajstić information content (AvgIpc) is 2.78. The molecule has 0 saturated heterocycles. The standard InChI is InChI=1S/C23H26N4O3/c1-28-17-19-7-5-6-10-21(19)27-23(24)26-16-18-11-12-22(25-15-18)30-14-13-29-20-8-3-2-4-9-20/h2-12,15H,13-14,16-17H2,1H3,(H3,24,26,27). The third-order valence-electron chi connectivity index (χ3n) is 4.15. The molecule has 0 unspecified atom stereocenters. The van der Waals surface area contributed by atoms with E-state index in [0.717, 1.165) is 22.6 Å². The number of nitrogens with one attached hydrogen (secondary N) is 1. The van der Waals surface area contributed by atoms with Gasteiger partial charge in [0, 0.05) is 30.6 Å². The van der Waals surface area contributed by atoms with Crippen molar-refractivity contribution in [2.24, 2.45) is 10.7 Å². The van der Waals surface area contributed by atoms with Gasteiger partial charge in [-0.25, -0.2) is 9.98 Å². The summed E-state index contributed by atoms with van der Waals surface area (Å²) in [5, 5.41) is 3.11. The first-order chi connectivity index (χ1) is 14.7. The number of aliphatic imine (C=N–C) groups is 1. The minimum Gasteiger partial charge on any atom is -0.490 e. The molecule has 3 aromatic rings. The molecule has 0 amide bonds. The zero-order valence-electron chi connectivity index (χ0n) is 17.0. The first kappa shape index (κ1) is 21.1. The lowest BCUT2D eigenvalue weighted by Gasteiger charge is -2.11. The van der Waals surface area contributed by atoms with Crippen molar-refractivity contribution < 1.29 is 14.2 Å². The summed E-state index contributed by atoms with van der Waals surface area (Å²) in [6.45, 7) is 1.77. The van der Waals surface area contributed by atoms with E-state index in [1.165, 1.54) is 0 Å². The number of ether oxygens (including phenoxy) is 3. The quantitative estimate of drug-likeness (QED) is 0.304. The fourth-order valence-corrected chi connectivity index (χ4v) is 2.69. The Morgan fingerprint density at radius 1 is 0.967 bits per heavy atom. The Morgan fingerprint density at radius 3 is 2.50 bits per heavy atom. The zero-order chi connectivity index (χ0) is 21.0. The Labute approximate surface area is 176 Å². The van der Waals surface area contributed by atoms with Crippen LogP contribution in [0.25, 0.3) is 0 Å². The van der Waals surface area contributed by atoms with Gasteiger partial charge in [-0.15, -0.1) is 0 Å². The molecular formula is C23H26N4O3. The highest BCUT2D eigenvalue weighted by Gasteiger charge is 2.03. The normalized spacial score (nSPS) is 11.2. The minimum absolute atomic E-state index is 0.331. The van der Waals surface area contributed by atoms with Crippen molar-refractivity contribution >= 4 is 11.6 Å². The van der Waals surface area contributed by atoms with Gasteiger partial charge in [-0.1, -0.05) is 42.5 Å².